The number of hydrogen-bond acceptors (Lipinski definition) is 3. The first-order valence-electron chi connectivity index (χ1n) is 12.7. The predicted octanol–water partition coefficient (Wildman–Crippen LogP) is 8.85. The molecular formula is C35H23N3. The smallest absolute Gasteiger partial charge is 0.0972 e. The highest BCUT2D eigenvalue weighted by molar-refractivity contribution is 6.03. The van der Waals surface area contributed by atoms with Gasteiger partial charge in [-0.3, -0.25) is 9.97 Å². The Morgan fingerprint density at radius 2 is 0.895 bits per heavy atom. The van der Waals surface area contributed by atoms with Crippen LogP contribution in [-0.2, 0) is 0 Å². The van der Waals surface area contributed by atoms with Crippen LogP contribution in [0.15, 0.2) is 140 Å². The Morgan fingerprint density at radius 1 is 0.342 bits per heavy atom. The molecule has 7 aromatic rings. The van der Waals surface area contributed by atoms with Crippen LogP contribution in [0.1, 0.15) is 0 Å². The van der Waals surface area contributed by atoms with Gasteiger partial charge in [-0.15, -0.1) is 0 Å². The lowest BCUT2D eigenvalue weighted by atomic mass is 9.96. The van der Waals surface area contributed by atoms with E-state index in [0.717, 1.165) is 49.9 Å². The second-order valence-electron chi connectivity index (χ2n) is 9.37. The van der Waals surface area contributed by atoms with Gasteiger partial charge in [0.1, 0.15) is 0 Å². The molecule has 178 valence electrons. The average molecular weight is 486 g/mol. The normalized spacial score (nSPS) is 11.2. The number of hydrogen-bond donors (Lipinski definition) is 0. The van der Waals surface area contributed by atoms with Crippen LogP contribution in [-0.4, -0.2) is 15.0 Å². The molecule has 3 nitrogen and oxygen atoms in total. The fourth-order valence-electron chi connectivity index (χ4n) is 5.01. The number of rotatable bonds is 4. The monoisotopic (exact) mass is 485 g/mol. The van der Waals surface area contributed by atoms with Crippen molar-refractivity contribution in [1.29, 1.82) is 0 Å². The SMILES string of the molecule is c1ccc(-c2cccc(-c3cccc(-c4cccc(-c5ccc6ccc7cccnc7c6n5)c4)c3)c2)nc1. The number of pyridine rings is 3. The van der Waals surface area contributed by atoms with Gasteiger partial charge in [0.2, 0.25) is 0 Å². The predicted molar refractivity (Wildman–Crippen MR) is 157 cm³/mol. The molecule has 38 heavy (non-hydrogen) atoms. The minimum atomic E-state index is 0.931. The van der Waals surface area contributed by atoms with Crippen molar-refractivity contribution in [3.63, 3.8) is 0 Å². The first-order chi connectivity index (χ1) is 18.8. The van der Waals surface area contributed by atoms with Gasteiger partial charge in [0.05, 0.1) is 22.4 Å². The average Bonchev–Trinajstić information content (AvgIpc) is 3.01. The summed E-state index contributed by atoms with van der Waals surface area (Å²) in [6.45, 7) is 0. The van der Waals surface area contributed by atoms with E-state index >= 15 is 0 Å². The van der Waals surface area contributed by atoms with Gasteiger partial charge < -0.3 is 0 Å². The van der Waals surface area contributed by atoms with Gasteiger partial charge >= 0.3 is 0 Å². The van der Waals surface area contributed by atoms with Crippen molar-refractivity contribution in [3.8, 4) is 44.8 Å². The number of nitrogens with zero attached hydrogens (tertiary/aromatic N) is 3. The molecule has 0 radical (unpaired) electrons. The van der Waals surface area contributed by atoms with Crippen LogP contribution in [0.4, 0.5) is 0 Å². The zero-order valence-corrected chi connectivity index (χ0v) is 20.6. The molecule has 0 saturated heterocycles. The highest BCUT2D eigenvalue weighted by Crippen LogP contribution is 2.32. The Balaban J connectivity index is 1.27. The second kappa shape index (κ2) is 9.38. The fraction of sp³-hybridized carbons (Fsp3) is 0. The maximum absolute atomic E-state index is 5.04. The van der Waals surface area contributed by atoms with Crippen LogP contribution in [0.2, 0.25) is 0 Å². The molecule has 0 aliphatic carbocycles. The fourth-order valence-corrected chi connectivity index (χ4v) is 5.01. The van der Waals surface area contributed by atoms with Crippen molar-refractivity contribution in [3.05, 3.63) is 140 Å². The van der Waals surface area contributed by atoms with Gasteiger partial charge in [-0.2, -0.15) is 0 Å². The highest BCUT2D eigenvalue weighted by atomic mass is 14.7. The lowest BCUT2D eigenvalue weighted by Crippen LogP contribution is -1.89. The molecule has 0 amide bonds. The van der Waals surface area contributed by atoms with Gasteiger partial charge in [0, 0.05) is 34.3 Å². The zero-order chi connectivity index (χ0) is 25.3. The molecule has 3 heterocycles. The van der Waals surface area contributed by atoms with Crippen molar-refractivity contribution >= 4 is 21.8 Å². The summed E-state index contributed by atoms with van der Waals surface area (Å²) >= 11 is 0. The summed E-state index contributed by atoms with van der Waals surface area (Å²) in [7, 11) is 0. The third-order valence-corrected chi connectivity index (χ3v) is 6.94. The van der Waals surface area contributed by atoms with Gasteiger partial charge in [-0.05, 0) is 64.7 Å². The summed E-state index contributed by atoms with van der Waals surface area (Å²) in [5.74, 6) is 0. The van der Waals surface area contributed by atoms with Crippen LogP contribution >= 0.6 is 0 Å². The van der Waals surface area contributed by atoms with Gasteiger partial charge in [0.25, 0.3) is 0 Å². The Labute approximate surface area is 221 Å². The van der Waals surface area contributed by atoms with Gasteiger partial charge in [-0.25, -0.2) is 4.98 Å². The van der Waals surface area contributed by atoms with Crippen molar-refractivity contribution in [1.82, 2.24) is 15.0 Å². The van der Waals surface area contributed by atoms with E-state index in [2.05, 4.69) is 113 Å². The maximum atomic E-state index is 5.04. The molecule has 0 bridgehead atoms. The van der Waals surface area contributed by atoms with Crippen molar-refractivity contribution in [2.75, 3.05) is 0 Å². The van der Waals surface area contributed by atoms with E-state index < -0.39 is 0 Å². The molecule has 0 atom stereocenters. The van der Waals surface area contributed by atoms with Crippen LogP contribution < -0.4 is 0 Å². The summed E-state index contributed by atoms with van der Waals surface area (Å²) in [4.78, 5) is 14.2. The van der Waals surface area contributed by atoms with Crippen LogP contribution in [0.5, 0.6) is 0 Å². The molecular weight excluding hydrogens is 462 g/mol. The molecule has 4 aromatic carbocycles. The Hall–Kier alpha value is -5.15. The van der Waals surface area contributed by atoms with Crippen LogP contribution in [0.3, 0.4) is 0 Å². The molecule has 7 rings (SSSR count). The van der Waals surface area contributed by atoms with Gasteiger partial charge in [0.15, 0.2) is 0 Å². The number of aromatic nitrogens is 3. The molecule has 0 saturated carbocycles. The van der Waals surface area contributed by atoms with Crippen molar-refractivity contribution < 1.29 is 0 Å². The Bertz CT molecular complexity index is 1930. The van der Waals surface area contributed by atoms with E-state index in [1.807, 2.05) is 36.7 Å². The van der Waals surface area contributed by atoms with Crippen LogP contribution in [0.25, 0.3) is 66.6 Å². The quantitative estimate of drug-likeness (QED) is 0.234. The maximum Gasteiger partial charge on any atom is 0.0972 e. The van der Waals surface area contributed by atoms with Crippen molar-refractivity contribution in [2.24, 2.45) is 0 Å². The molecule has 0 fully saturated rings. The van der Waals surface area contributed by atoms with E-state index in [0.29, 0.717) is 0 Å². The Kier molecular flexibility index (Phi) is 5.45. The first-order valence-corrected chi connectivity index (χ1v) is 12.7. The van der Waals surface area contributed by atoms with Crippen LogP contribution in [0, 0.1) is 0 Å². The molecule has 0 aliphatic rings. The molecule has 3 aromatic heterocycles. The van der Waals surface area contributed by atoms with E-state index in [-0.39, 0.29) is 0 Å². The third kappa shape index (κ3) is 4.10. The second-order valence-corrected chi connectivity index (χ2v) is 9.37. The molecule has 0 unspecified atom stereocenters. The lowest BCUT2D eigenvalue weighted by molar-refractivity contribution is 1.33. The lowest BCUT2D eigenvalue weighted by Gasteiger charge is -2.10. The van der Waals surface area contributed by atoms with E-state index in [4.69, 9.17) is 4.98 Å². The standard InChI is InChI=1S/C35H23N3/c1-2-19-36-32(14-1)30-11-4-9-28(22-30)26-7-3-8-27(21-26)29-10-5-12-31(23-29)33-18-17-25-16-15-24-13-6-20-37-34(24)35(25)38-33/h1-23H. The first kappa shape index (κ1) is 22.1. The summed E-state index contributed by atoms with van der Waals surface area (Å²) < 4.78 is 0. The van der Waals surface area contributed by atoms with E-state index in [1.165, 1.54) is 16.7 Å². The van der Waals surface area contributed by atoms with Gasteiger partial charge in [-0.1, -0.05) is 84.9 Å². The highest BCUT2D eigenvalue weighted by Gasteiger charge is 2.09. The summed E-state index contributed by atoms with van der Waals surface area (Å²) in [5.41, 5.74) is 10.6. The number of benzene rings is 4. The Morgan fingerprint density at radius 3 is 1.55 bits per heavy atom. The zero-order valence-electron chi connectivity index (χ0n) is 20.6. The van der Waals surface area contributed by atoms with E-state index in [1.54, 1.807) is 0 Å². The molecule has 0 spiro atoms. The largest absolute Gasteiger partial charge is 0.256 e. The van der Waals surface area contributed by atoms with E-state index in [9.17, 15) is 0 Å². The third-order valence-electron chi connectivity index (χ3n) is 6.94. The molecule has 3 heteroatoms. The minimum absolute atomic E-state index is 0.931. The summed E-state index contributed by atoms with van der Waals surface area (Å²) in [5, 5.41) is 2.19. The summed E-state index contributed by atoms with van der Waals surface area (Å²) in [6, 6.07) is 44.3. The summed E-state index contributed by atoms with van der Waals surface area (Å²) in [6.07, 6.45) is 3.66. The van der Waals surface area contributed by atoms with Crippen molar-refractivity contribution in [2.45, 2.75) is 0 Å². The minimum Gasteiger partial charge on any atom is -0.256 e. The molecule has 0 aliphatic heterocycles. The molecule has 0 N–H and O–H groups in total. The topological polar surface area (TPSA) is 38.7 Å². The number of fused-ring (bicyclic) bond motifs is 3.